The van der Waals surface area contributed by atoms with E-state index in [4.69, 9.17) is 4.74 Å². The normalized spacial score (nSPS) is 25.2. The minimum Gasteiger partial charge on any atom is -0.381 e. The summed E-state index contributed by atoms with van der Waals surface area (Å²) in [5.74, 6) is -0.0631. The third-order valence-corrected chi connectivity index (χ3v) is 4.42. The number of carbonyl (C=O) groups excluding carboxylic acids is 2. The van der Waals surface area contributed by atoms with E-state index in [1.165, 1.54) is 6.20 Å². The van der Waals surface area contributed by atoms with Crippen molar-refractivity contribution in [3.05, 3.63) is 17.5 Å². The highest BCUT2D eigenvalue weighted by Gasteiger charge is 2.35. The van der Waals surface area contributed by atoms with E-state index in [-0.39, 0.29) is 23.8 Å². The molecular weight excluding hydrogens is 284 g/mol. The van der Waals surface area contributed by atoms with Gasteiger partial charge >= 0.3 is 0 Å². The van der Waals surface area contributed by atoms with E-state index in [9.17, 15) is 9.59 Å². The third-order valence-electron chi connectivity index (χ3n) is 4.42. The average molecular weight is 306 g/mol. The first-order valence-corrected chi connectivity index (χ1v) is 7.80. The molecule has 2 aliphatic rings. The zero-order valence-corrected chi connectivity index (χ0v) is 13.0. The molecular formula is C15H22N4O3. The Morgan fingerprint density at radius 2 is 2.32 bits per heavy atom. The monoisotopic (exact) mass is 306 g/mol. The highest BCUT2D eigenvalue weighted by Crippen LogP contribution is 2.26. The Morgan fingerprint density at radius 1 is 1.50 bits per heavy atom. The second kappa shape index (κ2) is 6.08. The van der Waals surface area contributed by atoms with Crippen LogP contribution in [-0.2, 0) is 9.53 Å². The summed E-state index contributed by atoms with van der Waals surface area (Å²) in [4.78, 5) is 26.5. The molecule has 0 aliphatic carbocycles. The third kappa shape index (κ3) is 2.72. The Hall–Kier alpha value is -1.89. The van der Waals surface area contributed by atoms with Crippen LogP contribution >= 0.6 is 0 Å². The highest BCUT2D eigenvalue weighted by molar-refractivity contribution is 5.98. The number of aromatic nitrogens is 2. The molecule has 1 aromatic heterocycles. The number of nitrogens with zero attached hydrogens (tertiary/aromatic N) is 2. The molecule has 0 aromatic carbocycles. The van der Waals surface area contributed by atoms with Gasteiger partial charge in [0.05, 0.1) is 24.1 Å². The fourth-order valence-electron chi connectivity index (χ4n) is 3.14. The van der Waals surface area contributed by atoms with Gasteiger partial charge in [-0.15, -0.1) is 0 Å². The molecule has 3 heterocycles. The van der Waals surface area contributed by atoms with Gasteiger partial charge < -0.3 is 15.0 Å². The first kappa shape index (κ1) is 15.0. The van der Waals surface area contributed by atoms with Crippen LogP contribution in [-0.4, -0.2) is 58.8 Å². The van der Waals surface area contributed by atoms with Gasteiger partial charge in [0, 0.05) is 25.1 Å². The molecule has 2 aliphatic heterocycles. The van der Waals surface area contributed by atoms with Crippen molar-refractivity contribution in [2.75, 3.05) is 19.8 Å². The second-order valence-electron chi connectivity index (χ2n) is 6.20. The van der Waals surface area contributed by atoms with Crippen LogP contribution in [0.3, 0.4) is 0 Å². The lowest BCUT2D eigenvalue weighted by Crippen LogP contribution is -2.43. The largest absolute Gasteiger partial charge is 0.381 e. The van der Waals surface area contributed by atoms with E-state index in [1.807, 2.05) is 13.8 Å². The lowest BCUT2D eigenvalue weighted by molar-refractivity contribution is -0.130. The van der Waals surface area contributed by atoms with Crippen LogP contribution in [0.5, 0.6) is 0 Å². The molecule has 22 heavy (non-hydrogen) atoms. The molecule has 2 fully saturated rings. The van der Waals surface area contributed by atoms with Gasteiger partial charge in [0.15, 0.2) is 0 Å². The predicted molar refractivity (Wildman–Crippen MR) is 79.5 cm³/mol. The van der Waals surface area contributed by atoms with Crippen molar-refractivity contribution < 1.29 is 14.3 Å². The predicted octanol–water partition coefficient (Wildman–Crippen LogP) is 0.653. The van der Waals surface area contributed by atoms with Crippen molar-refractivity contribution in [2.24, 2.45) is 0 Å². The van der Waals surface area contributed by atoms with Crippen molar-refractivity contribution in [2.45, 2.75) is 44.7 Å². The molecule has 0 saturated carbocycles. The number of ether oxygens (including phenoxy) is 1. The van der Waals surface area contributed by atoms with Gasteiger partial charge in [-0.05, 0) is 26.7 Å². The number of carbonyl (C=O) groups is 2. The van der Waals surface area contributed by atoms with Crippen LogP contribution < -0.4 is 5.32 Å². The number of aromatic amines is 1. The summed E-state index contributed by atoms with van der Waals surface area (Å²) < 4.78 is 5.37. The average Bonchev–Trinajstić information content (AvgIpc) is 3.18. The van der Waals surface area contributed by atoms with Crippen molar-refractivity contribution in [1.29, 1.82) is 0 Å². The molecule has 1 aromatic rings. The zero-order valence-electron chi connectivity index (χ0n) is 13.0. The second-order valence-corrected chi connectivity index (χ2v) is 6.20. The van der Waals surface area contributed by atoms with Gasteiger partial charge in [-0.2, -0.15) is 5.10 Å². The Morgan fingerprint density at radius 3 is 2.95 bits per heavy atom. The van der Waals surface area contributed by atoms with Crippen molar-refractivity contribution in [1.82, 2.24) is 20.4 Å². The van der Waals surface area contributed by atoms with Crippen LogP contribution in [0.4, 0.5) is 0 Å². The molecule has 0 bridgehead atoms. The maximum Gasteiger partial charge on any atom is 0.255 e. The topological polar surface area (TPSA) is 87.3 Å². The van der Waals surface area contributed by atoms with Gasteiger partial charge in [-0.25, -0.2) is 0 Å². The van der Waals surface area contributed by atoms with Crippen LogP contribution in [0.25, 0.3) is 0 Å². The number of amides is 2. The minimum absolute atomic E-state index is 0.00223. The summed E-state index contributed by atoms with van der Waals surface area (Å²) in [5.41, 5.74) is 1.33. The summed E-state index contributed by atoms with van der Waals surface area (Å²) in [5, 5.41) is 9.74. The number of hydrogen-bond donors (Lipinski definition) is 2. The number of H-pyrrole nitrogens is 1. The van der Waals surface area contributed by atoms with E-state index in [0.717, 1.165) is 12.1 Å². The van der Waals surface area contributed by atoms with Crippen LogP contribution in [0.1, 0.15) is 48.7 Å². The first-order valence-electron chi connectivity index (χ1n) is 7.80. The molecule has 0 radical (unpaired) electrons. The molecule has 120 valence electrons. The number of hydrogen-bond acceptors (Lipinski definition) is 4. The van der Waals surface area contributed by atoms with E-state index >= 15 is 0 Å². The van der Waals surface area contributed by atoms with E-state index in [0.29, 0.717) is 31.7 Å². The molecule has 2 N–H and O–H groups in total. The summed E-state index contributed by atoms with van der Waals surface area (Å²) in [7, 11) is 0. The Kier molecular flexibility index (Phi) is 4.15. The van der Waals surface area contributed by atoms with Gasteiger partial charge in [-0.1, -0.05) is 0 Å². The smallest absolute Gasteiger partial charge is 0.255 e. The lowest BCUT2D eigenvalue weighted by atomic mass is 10.0. The van der Waals surface area contributed by atoms with Crippen molar-refractivity contribution >= 4 is 11.8 Å². The fourth-order valence-corrected chi connectivity index (χ4v) is 3.14. The van der Waals surface area contributed by atoms with E-state index in [2.05, 4.69) is 15.5 Å². The van der Waals surface area contributed by atoms with Crippen LogP contribution in [0.2, 0.25) is 0 Å². The van der Waals surface area contributed by atoms with Gasteiger partial charge in [0.2, 0.25) is 5.91 Å². The first-order chi connectivity index (χ1) is 10.6. The summed E-state index contributed by atoms with van der Waals surface area (Å²) >= 11 is 0. The van der Waals surface area contributed by atoms with Gasteiger partial charge in [0.1, 0.15) is 6.04 Å². The Bertz CT molecular complexity index is 563. The zero-order chi connectivity index (χ0) is 15.7. The van der Waals surface area contributed by atoms with Crippen molar-refractivity contribution in [3.8, 4) is 0 Å². The molecule has 0 unspecified atom stereocenters. The van der Waals surface area contributed by atoms with Crippen LogP contribution in [0.15, 0.2) is 6.20 Å². The summed E-state index contributed by atoms with van der Waals surface area (Å²) in [6.45, 7) is 5.96. The Balaban J connectivity index is 1.68. The quantitative estimate of drug-likeness (QED) is 0.855. The number of rotatable bonds is 4. The van der Waals surface area contributed by atoms with Crippen molar-refractivity contribution in [3.63, 3.8) is 0 Å². The maximum absolute atomic E-state index is 12.5. The number of likely N-dealkylation sites (tertiary alicyclic amines) is 1. The van der Waals surface area contributed by atoms with Gasteiger partial charge in [0.25, 0.3) is 5.91 Å². The van der Waals surface area contributed by atoms with E-state index < -0.39 is 6.04 Å². The van der Waals surface area contributed by atoms with Crippen LogP contribution in [0, 0.1) is 0 Å². The standard InChI is InChI=1S/C15H22N4O3/c1-9(2)19-5-3-12(15(19)21)17-14(20)11-7-16-18-13(11)10-4-6-22-8-10/h7,9-10,12H,3-6,8H2,1-2H3,(H,16,18)(H,17,20)/t10-,12+/m1/s1. The molecule has 2 saturated heterocycles. The fraction of sp³-hybridized carbons (Fsp3) is 0.667. The summed E-state index contributed by atoms with van der Waals surface area (Å²) in [6.07, 6.45) is 3.07. The minimum atomic E-state index is -0.433. The summed E-state index contributed by atoms with van der Waals surface area (Å²) in [6, 6.07) is -0.271. The molecule has 2 amide bonds. The van der Waals surface area contributed by atoms with Gasteiger partial charge in [-0.3, -0.25) is 14.7 Å². The molecule has 3 rings (SSSR count). The maximum atomic E-state index is 12.5. The Labute approximate surface area is 129 Å². The number of nitrogens with one attached hydrogen (secondary N) is 2. The molecule has 2 atom stereocenters. The SMILES string of the molecule is CC(C)N1CC[C@H](NC(=O)c2cn[nH]c2[C@@H]2CCOC2)C1=O. The lowest BCUT2D eigenvalue weighted by Gasteiger charge is -2.21. The molecule has 0 spiro atoms. The highest BCUT2D eigenvalue weighted by atomic mass is 16.5. The van der Waals surface area contributed by atoms with E-state index in [1.54, 1.807) is 4.90 Å². The molecule has 7 nitrogen and oxygen atoms in total. The molecule has 7 heteroatoms.